The van der Waals surface area contributed by atoms with Gasteiger partial charge in [-0.25, -0.2) is 4.79 Å². The summed E-state index contributed by atoms with van der Waals surface area (Å²) in [6.07, 6.45) is -0.739. The van der Waals surface area contributed by atoms with Crippen LogP contribution in [0.5, 0.6) is 0 Å². The molecule has 0 saturated carbocycles. The number of ether oxygens (including phenoxy) is 1. The lowest BCUT2D eigenvalue weighted by molar-refractivity contribution is -0.117. The van der Waals surface area contributed by atoms with Crippen molar-refractivity contribution in [1.29, 1.82) is 0 Å². The molecular formula is C14H16N4O3S2. The average molecular weight is 352 g/mol. The molecule has 0 saturated heterocycles. The van der Waals surface area contributed by atoms with Gasteiger partial charge in [-0.2, -0.15) is 0 Å². The highest BCUT2D eigenvalue weighted by atomic mass is 32.2. The fraction of sp³-hybridized carbons (Fsp3) is 0.286. The summed E-state index contributed by atoms with van der Waals surface area (Å²) in [7, 11) is 0. The van der Waals surface area contributed by atoms with Gasteiger partial charge in [0.2, 0.25) is 11.0 Å². The summed E-state index contributed by atoms with van der Waals surface area (Å²) in [5.41, 5.74) is 2.06. The first-order chi connectivity index (χ1) is 11.1. The molecule has 0 aliphatic carbocycles. The van der Waals surface area contributed by atoms with E-state index < -0.39 is 12.0 Å². The first-order valence-electron chi connectivity index (χ1n) is 6.84. The van der Waals surface area contributed by atoms with Crippen molar-refractivity contribution in [2.75, 3.05) is 17.7 Å². The molecule has 0 aliphatic heterocycles. The van der Waals surface area contributed by atoms with Crippen LogP contribution in [0.3, 0.4) is 0 Å². The molecule has 1 aromatic carbocycles. The number of anilines is 2. The van der Waals surface area contributed by atoms with Crippen molar-refractivity contribution in [3.63, 3.8) is 0 Å². The van der Waals surface area contributed by atoms with Gasteiger partial charge in [-0.1, -0.05) is 41.3 Å². The minimum absolute atomic E-state index is 0.0673. The van der Waals surface area contributed by atoms with Gasteiger partial charge in [-0.15, -0.1) is 10.2 Å². The summed E-state index contributed by atoms with van der Waals surface area (Å²) in [5, 5.41) is 14.0. The molecule has 0 radical (unpaired) electrons. The van der Waals surface area contributed by atoms with E-state index in [0.29, 0.717) is 9.47 Å². The van der Waals surface area contributed by atoms with Gasteiger partial charge >= 0.3 is 6.09 Å². The Balaban J connectivity index is 1.84. The molecule has 0 atom stereocenters. The first-order valence-corrected chi connectivity index (χ1v) is 8.64. The first kappa shape index (κ1) is 17.2. The molecule has 2 amide bonds. The molecule has 9 heteroatoms. The van der Waals surface area contributed by atoms with Gasteiger partial charge in [0.05, 0.1) is 12.4 Å². The van der Waals surface area contributed by atoms with Crippen LogP contribution in [-0.4, -0.2) is 34.6 Å². The number of imide groups is 1. The smallest absolute Gasteiger partial charge is 0.413 e. The van der Waals surface area contributed by atoms with E-state index in [0.717, 1.165) is 11.3 Å². The molecule has 0 bridgehead atoms. The quantitative estimate of drug-likeness (QED) is 0.772. The third-order valence-corrected chi connectivity index (χ3v) is 4.61. The van der Waals surface area contributed by atoms with E-state index in [4.69, 9.17) is 0 Å². The largest absolute Gasteiger partial charge is 0.450 e. The Labute approximate surface area is 141 Å². The van der Waals surface area contributed by atoms with Crippen molar-refractivity contribution < 1.29 is 14.3 Å². The molecule has 2 N–H and O–H groups in total. The number of carbonyl (C=O) groups excluding carboxylic acids is 2. The number of thioether (sulfide) groups is 1. The standard InChI is InChI=1S/C14H16N4O3S2/c1-3-21-13(20)16-11(19)8-22-14-18-17-12(23-14)15-10-7-5-4-6-9(10)2/h4-7H,3,8H2,1-2H3,(H,15,17)(H,16,19,20). The van der Waals surface area contributed by atoms with Crippen molar-refractivity contribution in [3.8, 4) is 0 Å². The second-order valence-corrected chi connectivity index (χ2v) is 6.57. The fourth-order valence-electron chi connectivity index (χ4n) is 1.59. The summed E-state index contributed by atoms with van der Waals surface area (Å²) in [6, 6.07) is 7.85. The normalized spacial score (nSPS) is 10.2. The number of rotatable bonds is 6. The number of nitrogens with zero attached hydrogens (tertiary/aromatic N) is 2. The maximum atomic E-state index is 11.6. The summed E-state index contributed by atoms with van der Waals surface area (Å²) in [4.78, 5) is 22.7. The van der Waals surface area contributed by atoms with Crippen molar-refractivity contribution in [1.82, 2.24) is 15.5 Å². The van der Waals surface area contributed by atoms with Crippen LogP contribution in [-0.2, 0) is 9.53 Å². The van der Waals surface area contributed by atoms with Crippen LogP contribution in [0.15, 0.2) is 28.6 Å². The Hall–Kier alpha value is -2.13. The molecule has 1 heterocycles. The Morgan fingerprint density at radius 3 is 2.83 bits per heavy atom. The van der Waals surface area contributed by atoms with Gasteiger partial charge in [-0.3, -0.25) is 10.1 Å². The molecule has 7 nitrogen and oxygen atoms in total. The maximum Gasteiger partial charge on any atom is 0.413 e. The molecule has 23 heavy (non-hydrogen) atoms. The fourth-order valence-corrected chi connectivity index (χ4v) is 3.16. The number of hydrogen-bond acceptors (Lipinski definition) is 8. The number of carbonyl (C=O) groups is 2. The topological polar surface area (TPSA) is 93.2 Å². The summed E-state index contributed by atoms with van der Waals surface area (Å²) >= 11 is 2.55. The monoisotopic (exact) mass is 352 g/mol. The molecule has 122 valence electrons. The minimum Gasteiger partial charge on any atom is -0.450 e. The van der Waals surface area contributed by atoms with Crippen LogP contribution < -0.4 is 10.6 Å². The third kappa shape index (κ3) is 5.53. The van der Waals surface area contributed by atoms with E-state index in [9.17, 15) is 9.59 Å². The summed E-state index contributed by atoms with van der Waals surface area (Å²) < 4.78 is 5.27. The van der Waals surface area contributed by atoms with E-state index in [2.05, 4.69) is 25.6 Å². The molecule has 0 fully saturated rings. The molecule has 0 unspecified atom stereocenters. The predicted molar refractivity (Wildman–Crippen MR) is 90.3 cm³/mol. The number of amides is 2. The van der Waals surface area contributed by atoms with E-state index in [-0.39, 0.29) is 12.4 Å². The molecule has 1 aromatic heterocycles. The lowest BCUT2D eigenvalue weighted by atomic mass is 10.2. The number of benzene rings is 1. The number of aromatic nitrogens is 2. The minimum atomic E-state index is -0.739. The highest BCUT2D eigenvalue weighted by molar-refractivity contribution is 8.01. The van der Waals surface area contributed by atoms with Crippen LogP contribution in [0.1, 0.15) is 12.5 Å². The van der Waals surface area contributed by atoms with Gasteiger partial charge < -0.3 is 10.1 Å². The predicted octanol–water partition coefficient (Wildman–Crippen LogP) is 2.95. The Morgan fingerprint density at radius 1 is 1.30 bits per heavy atom. The van der Waals surface area contributed by atoms with Gasteiger partial charge in [0.25, 0.3) is 0 Å². The number of hydrogen-bond donors (Lipinski definition) is 2. The zero-order valence-corrected chi connectivity index (χ0v) is 14.3. The van der Waals surface area contributed by atoms with Crippen LogP contribution in [0, 0.1) is 6.92 Å². The maximum absolute atomic E-state index is 11.6. The molecule has 0 aliphatic rings. The van der Waals surface area contributed by atoms with E-state index in [1.807, 2.05) is 31.2 Å². The number of aryl methyl sites for hydroxylation is 1. The molecular weight excluding hydrogens is 336 g/mol. The molecule has 0 spiro atoms. The van der Waals surface area contributed by atoms with Crippen molar-refractivity contribution in [3.05, 3.63) is 29.8 Å². The van der Waals surface area contributed by atoms with Crippen LogP contribution >= 0.6 is 23.1 Å². The SMILES string of the molecule is CCOC(=O)NC(=O)CSc1nnc(Nc2ccccc2C)s1. The van der Waals surface area contributed by atoms with Gasteiger partial charge in [-0.05, 0) is 25.5 Å². The second kappa shape index (κ2) is 8.49. The number of para-hydroxylation sites is 1. The lowest BCUT2D eigenvalue weighted by Gasteiger charge is -2.04. The Kier molecular flexibility index (Phi) is 6.36. The van der Waals surface area contributed by atoms with Crippen molar-refractivity contribution in [2.24, 2.45) is 0 Å². The van der Waals surface area contributed by atoms with Crippen LogP contribution in [0.2, 0.25) is 0 Å². The molecule has 2 aromatic rings. The van der Waals surface area contributed by atoms with E-state index in [1.165, 1.54) is 23.1 Å². The van der Waals surface area contributed by atoms with Crippen LogP contribution in [0.25, 0.3) is 0 Å². The van der Waals surface area contributed by atoms with Gasteiger partial charge in [0, 0.05) is 5.69 Å². The highest BCUT2D eigenvalue weighted by Crippen LogP contribution is 2.28. The zero-order valence-electron chi connectivity index (χ0n) is 12.7. The summed E-state index contributed by atoms with van der Waals surface area (Å²) in [6.45, 7) is 3.89. The third-order valence-electron chi connectivity index (χ3n) is 2.64. The number of nitrogens with one attached hydrogen (secondary N) is 2. The lowest BCUT2D eigenvalue weighted by Crippen LogP contribution is -2.32. The van der Waals surface area contributed by atoms with Crippen molar-refractivity contribution >= 4 is 45.9 Å². The second-order valence-electron chi connectivity index (χ2n) is 4.37. The highest BCUT2D eigenvalue weighted by Gasteiger charge is 2.11. The molecule has 2 rings (SSSR count). The Bertz CT molecular complexity index is 690. The van der Waals surface area contributed by atoms with Gasteiger partial charge in [0.1, 0.15) is 0 Å². The van der Waals surface area contributed by atoms with E-state index >= 15 is 0 Å². The summed E-state index contributed by atoms with van der Waals surface area (Å²) in [5.74, 6) is -0.366. The van der Waals surface area contributed by atoms with E-state index in [1.54, 1.807) is 6.92 Å². The van der Waals surface area contributed by atoms with Crippen LogP contribution in [0.4, 0.5) is 15.6 Å². The van der Waals surface area contributed by atoms with Crippen molar-refractivity contribution in [2.45, 2.75) is 18.2 Å². The zero-order chi connectivity index (χ0) is 16.7. The van der Waals surface area contributed by atoms with Gasteiger partial charge in [0.15, 0.2) is 4.34 Å². The Morgan fingerprint density at radius 2 is 2.09 bits per heavy atom. The number of alkyl carbamates (subject to hydrolysis) is 1. The average Bonchev–Trinajstić information content (AvgIpc) is 2.95.